The Kier molecular flexibility index (Phi) is 19.3. The number of carbonyl (C=O) groups excluding carboxylic acids is 2. The highest BCUT2D eigenvalue weighted by Crippen LogP contribution is 2.53. The van der Waals surface area contributed by atoms with Gasteiger partial charge in [0.2, 0.25) is 23.0 Å². The van der Waals surface area contributed by atoms with Crippen LogP contribution in [0.4, 0.5) is 0 Å². The van der Waals surface area contributed by atoms with E-state index in [1.54, 1.807) is 85.3 Å². The van der Waals surface area contributed by atoms with E-state index in [1.807, 2.05) is 36.4 Å². The molecule has 2 aliphatic rings. The van der Waals surface area contributed by atoms with Crippen molar-refractivity contribution < 1.29 is 84.9 Å². The zero-order valence-electron chi connectivity index (χ0n) is 45.7. The minimum atomic E-state index is -0.637. The predicted molar refractivity (Wildman–Crippen MR) is 277 cm³/mol. The second-order valence-electron chi connectivity index (χ2n) is 18.7. The first-order chi connectivity index (χ1) is 35.7. The zero-order valence-corrected chi connectivity index (χ0v) is 45.7. The summed E-state index contributed by atoms with van der Waals surface area (Å²) in [6.45, 7) is 3.17. The number of fused-ring (bicyclic) bond motifs is 2. The van der Waals surface area contributed by atoms with E-state index in [9.17, 15) is 9.59 Å². The molecule has 74 heavy (non-hydrogen) atoms. The summed E-state index contributed by atoms with van der Waals surface area (Å²) in [5.41, 5.74) is 6.17. The van der Waals surface area contributed by atoms with Gasteiger partial charge in [-0.1, -0.05) is 0 Å². The van der Waals surface area contributed by atoms with Gasteiger partial charge in [0.25, 0.3) is 0 Å². The molecule has 2 heterocycles. The number of esters is 2. The Labute approximate surface area is 435 Å². The summed E-state index contributed by atoms with van der Waals surface area (Å²) < 4.78 is 81.9. The predicted octanol–water partition coefficient (Wildman–Crippen LogP) is 7.49. The van der Waals surface area contributed by atoms with Gasteiger partial charge in [-0.3, -0.25) is 0 Å². The first-order valence-corrected chi connectivity index (χ1v) is 24.6. The average Bonchev–Trinajstić information content (AvgIpc) is 3.42. The largest absolute Gasteiger partial charge is 0.493 e. The second kappa shape index (κ2) is 25.3. The maximum absolute atomic E-state index is 13.0. The van der Waals surface area contributed by atoms with E-state index in [2.05, 4.69) is 14.1 Å². The van der Waals surface area contributed by atoms with Crippen LogP contribution in [0.2, 0.25) is 0 Å². The van der Waals surface area contributed by atoms with E-state index in [0.29, 0.717) is 117 Å². The third-order valence-electron chi connectivity index (χ3n) is 14.6. The number of hydrogen-bond acceptors (Lipinski definition) is 16. The second-order valence-corrected chi connectivity index (χ2v) is 18.7. The van der Waals surface area contributed by atoms with Crippen LogP contribution in [0, 0.1) is 0 Å². The van der Waals surface area contributed by atoms with Crippen LogP contribution < -0.4 is 56.8 Å². The monoisotopic (exact) mass is 1030 g/mol. The van der Waals surface area contributed by atoms with Gasteiger partial charge in [0, 0.05) is 50.7 Å². The summed E-state index contributed by atoms with van der Waals surface area (Å²) in [4.78, 5) is 26.0. The molecule has 0 amide bonds. The van der Waals surface area contributed by atoms with Gasteiger partial charge in [-0.05, 0) is 58.7 Å². The van der Waals surface area contributed by atoms with E-state index in [1.165, 1.54) is 0 Å². The highest BCUT2D eigenvalue weighted by atomic mass is 16.6. The average molecular weight is 1030 g/mol. The SMILES string of the molecule is COc1cc(CC2c3c(cc(OC)c(OC)c3OC)CC[N+]2(C)CCCOC(=O)/C=C/C(=O)OCCC[N+]2(C)CCc3cc(OC)c(OC)c(OC)c3C2Cc2cc(OC)c(OC)c(OC)c2)cc(OC)c1OC. The molecule has 4 aromatic rings. The molecule has 0 saturated heterocycles. The summed E-state index contributed by atoms with van der Waals surface area (Å²) in [6.07, 6.45) is 5.99. The van der Waals surface area contributed by atoms with Gasteiger partial charge in [-0.15, -0.1) is 0 Å². The number of hydrogen-bond donors (Lipinski definition) is 0. The Morgan fingerprint density at radius 3 is 1.01 bits per heavy atom. The van der Waals surface area contributed by atoms with E-state index in [4.69, 9.17) is 66.3 Å². The van der Waals surface area contributed by atoms with Crippen molar-refractivity contribution in [3.8, 4) is 69.0 Å². The van der Waals surface area contributed by atoms with Crippen LogP contribution in [0.3, 0.4) is 0 Å². The topological polar surface area (TPSA) is 163 Å². The number of quaternary nitrogens is 2. The van der Waals surface area contributed by atoms with Crippen molar-refractivity contribution in [2.24, 2.45) is 0 Å². The fourth-order valence-corrected chi connectivity index (χ4v) is 10.9. The van der Waals surface area contributed by atoms with Gasteiger partial charge in [0.05, 0.1) is 150 Å². The fourth-order valence-electron chi connectivity index (χ4n) is 10.9. The zero-order chi connectivity index (χ0) is 53.7. The Balaban J connectivity index is 1.11. The highest BCUT2D eigenvalue weighted by molar-refractivity contribution is 5.91. The molecule has 0 bridgehead atoms. The van der Waals surface area contributed by atoms with Gasteiger partial charge in [0.15, 0.2) is 46.0 Å². The number of carbonyl (C=O) groups is 2. The number of rotatable bonds is 26. The van der Waals surface area contributed by atoms with Crippen molar-refractivity contribution >= 4 is 11.9 Å². The maximum atomic E-state index is 13.0. The first kappa shape index (κ1) is 56.4. The van der Waals surface area contributed by atoms with E-state index >= 15 is 0 Å². The highest BCUT2D eigenvalue weighted by Gasteiger charge is 2.45. The van der Waals surface area contributed by atoms with Crippen LogP contribution in [0.1, 0.15) is 58.3 Å². The molecule has 0 N–H and O–H groups in total. The van der Waals surface area contributed by atoms with Crippen LogP contribution >= 0.6 is 0 Å². The van der Waals surface area contributed by atoms with Gasteiger partial charge in [-0.25, -0.2) is 9.59 Å². The molecule has 18 heteroatoms. The summed E-state index contributed by atoms with van der Waals surface area (Å²) in [7, 11) is 23.7. The van der Waals surface area contributed by atoms with E-state index in [-0.39, 0.29) is 25.3 Å². The van der Waals surface area contributed by atoms with Crippen molar-refractivity contribution in [1.29, 1.82) is 0 Å². The van der Waals surface area contributed by atoms with E-state index < -0.39 is 11.9 Å². The molecule has 2 aliphatic heterocycles. The van der Waals surface area contributed by atoms with Crippen molar-refractivity contribution in [1.82, 2.24) is 0 Å². The van der Waals surface area contributed by atoms with Crippen molar-refractivity contribution in [3.05, 3.63) is 81.9 Å². The smallest absolute Gasteiger partial charge is 0.331 e. The molecule has 0 saturated carbocycles. The maximum Gasteiger partial charge on any atom is 0.331 e. The molecule has 0 spiro atoms. The summed E-state index contributed by atoms with van der Waals surface area (Å²) in [5, 5.41) is 0. The molecule has 0 aliphatic carbocycles. The lowest BCUT2D eigenvalue weighted by Crippen LogP contribution is -2.53. The molecule has 4 unspecified atom stereocenters. The first-order valence-electron chi connectivity index (χ1n) is 24.6. The van der Waals surface area contributed by atoms with E-state index in [0.717, 1.165) is 71.5 Å². The third kappa shape index (κ3) is 11.9. The fraction of sp³-hybridized carbons (Fsp3) is 0.500. The number of likely N-dealkylation sites (N-methyl/N-ethyl adjacent to an activating group) is 2. The normalized spacial score (nSPS) is 18.8. The van der Waals surface area contributed by atoms with Gasteiger partial charge < -0.3 is 75.3 Å². The molecule has 4 atom stereocenters. The molecule has 404 valence electrons. The van der Waals surface area contributed by atoms with Gasteiger partial charge in [0.1, 0.15) is 12.1 Å². The molecule has 0 radical (unpaired) electrons. The molecule has 4 aromatic carbocycles. The lowest BCUT2D eigenvalue weighted by molar-refractivity contribution is -0.941. The van der Waals surface area contributed by atoms with Crippen molar-refractivity contribution in [2.45, 2.75) is 50.6 Å². The van der Waals surface area contributed by atoms with Gasteiger partial charge >= 0.3 is 11.9 Å². The minimum Gasteiger partial charge on any atom is -0.493 e. The number of benzene rings is 4. The van der Waals surface area contributed by atoms with Crippen LogP contribution in [0.5, 0.6) is 69.0 Å². The van der Waals surface area contributed by atoms with Crippen LogP contribution in [-0.2, 0) is 44.7 Å². The van der Waals surface area contributed by atoms with Crippen molar-refractivity contribution in [3.63, 3.8) is 0 Å². The Morgan fingerprint density at radius 2 is 0.730 bits per heavy atom. The molecular weight excluding hydrogens is 957 g/mol. The molecule has 0 aromatic heterocycles. The van der Waals surface area contributed by atoms with Gasteiger partial charge in [-0.2, -0.15) is 0 Å². The number of ether oxygens (including phenoxy) is 14. The molecule has 0 fully saturated rings. The third-order valence-corrected chi connectivity index (χ3v) is 14.6. The van der Waals surface area contributed by atoms with Crippen LogP contribution in [0.25, 0.3) is 0 Å². The summed E-state index contributed by atoms with van der Waals surface area (Å²) in [5.74, 6) is 5.40. The van der Waals surface area contributed by atoms with Crippen LogP contribution in [-0.4, -0.2) is 160 Å². The van der Waals surface area contributed by atoms with Crippen LogP contribution in [0.15, 0.2) is 48.6 Å². The standard InChI is InChI=1S/C56H76N2O16/c1-57(23-19-37-33-45(65-7)53(69-11)55(71-13)49(37)39(57)27-35-29-41(61-3)51(67-9)42(30-35)62-4)21-15-25-73-47(59)17-18-48(60)74-26-16-22-58(2)24-20-38-34-46(66-8)54(70-12)56(72-14)50(38)40(58)28-36-31-43(63-5)52(68-10)44(32-36)64-6/h17-18,29-34,39-40H,15-16,19-28H2,1-14H3/q+2/b18-17+. The molecular formula is C56H76N2O16+2. The Bertz CT molecular complexity index is 2410. The lowest BCUT2D eigenvalue weighted by Gasteiger charge is -2.46. The summed E-state index contributed by atoms with van der Waals surface area (Å²) in [6, 6.07) is 11.7. The Morgan fingerprint density at radius 1 is 0.432 bits per heavy atom. The minimum absolute atomic E-state index is 0.125. The van der Waals surface area contributed by atoms with Crippen molar-refractivity contribution in [2.75, 3.05) is 139 Å². The molecule has 18 nitrogen and oxygen atoms in total. The lowest BCUT2D eigenvalue weighted by atomic mass is 9.85. The molecule has 6 rings (SSSR count). The Hall–Kier alpha value is -6.92. The summed E-state index contributed by atoms with van der Waals surface area (Å²) >= 11 is 0. The number of methoxy groups -OCH3 is 12. The number of nitrogens with zero attached hydrogens (tertiary/aromatic N) is 2. The quantitative estimate of drug-likeness (QED) is 0.0263.